The number of amides is 1. The summed E-state index contributed by atoms with van der Waals surface area (Å²) >= 11 is 0. The summed E-state index contributed by atoms with van der Waals surface area (Å²) in [6, 6.07) is 12.0. The van der Waals surface area contributed by atoms with Crippen molar-refractivity contribution in [1.82, 2.24) is 4.98 Å². The smallest absolute Gasteiger partial charge is 0.211 e. The molecule has 26 heavy (non-hydrogen) atoms. The van der Waals surface area contributed by atoms with Gasteiger partial charge >= 0.3 is 0 Å². The largest absolute Gasteiger partial charge is 0.371 e. The molecule has 0 aliphatic heterocycles. The number of hydrogen-bond acceptors (Lipinski definition) is 2. The van der Waals surface area contributed by atoms with Gasteiger partial charge in [-0.05, 0) is 51.5 Å². The third kappa shape index (κ3) is 3.88. The molecule has 0 unspecified atom stereocenters. The van der Waals surface area contributed by atoms with E-state index in [9.17, 15) is 9.18 Å². The van der Waals surface area contributed by atoms with Gasteiger partial charge in [-0.25, -0.2) is 4.39 Å². The summed E-state index contributed by atoms with van der Waals surface area (Å²) in [4.78, 5) is 14.0. The molecule has 2 aromatic carbocycles. The zero-order chi connectivity index (χ0) is 18.9. The maximum Gasteiger partial charge on any atom is 0.211 e. The van der Waals surface area contributed by atoms with Crippen LogP contribution in [0.1, 0.15) is 39.7 Å². The highest BCUT2D eigenvalue weighted by Crippen LogP contribution is 2.32. The highest BCUT2D eigenvalue weighted by Gasteiger charge is 2.24. The van der Waals surface area contributed by atoms with E-state index in [-0.39, 0.29) is 0 Å². The minimum Gasteiger partial charge on any atom is -0.371 e. The summed E-state index contributed by atoms with van der Waals surface area (Å²) in [5.74, 6) is 0. The molecule has 3 aromatic rings. The first-order valence-corrected chi connectivity index (χ1v) is 8.79. The van der Waals surface area contributed by atoms with Crippen LogP contribution in [0.25, 0.3) is 21.8 Å². The Bertz CT molecular complexity index is 938. The lowest BCUT2D eigenvalue weighted by Crippen LogP contribution is -2.25. The lowest BCUT2D eigenvalue weighted by atomic mass is 9.96. The number of H-pyrrole nitrogens is 1. The number of fused-ring (bicyclic) bond motifs is 3. The van der Waals surface area contributed by atoms with E-state index in [0.717, 1.165) is 33.1 Å². The molecule has 4 nitrogen and oxygen atoms in total. The van der Waals surface area contributed by atoms with Gasteiger partial charge in [-0.1, -0.05) is 18.2 Å². The van der Waals surface area contributed by atoms with Crippen LogP contribution in [0.3, 0.4) is 0 Å². The standard InChI is InChI=1S/C21H25FN2O2/c1-20(2,22)9-10-26-21(3,4)14-5-7-16-17-8-6-15(23-13-25)12-19(17)24-18(16)11-14/h5-8,11-13,24H,9-10H2,1-4H3,(H,23,25). The zero-order valence-electron chi connectivity index (χ0n) is 15.7. The van der Waals surface area contributed by atoms with E-state index in [1.54, 1.807) is 13.8 Å². The van der Waals surface area contributed by atoms with Crippen molar-refractivity contribution in [1.29, 1.82) is 0 Å². The van der Waals surface area contributed by atoms with E-state index in [1.807, 2.05) is 38.1 Å². The Kier molecular flexibility index (Phi) is 4.76. The SMILES string of the molecule is CC(C)(F)CCOC(C)(C)c1ccc2c(c1)[nH]c1cc(NC=O)ccc12. The molecule has 3 rings (SSSR count). The van der Waals surface area contributed by atoms with E-state index < -0.39 is 11.3 Å². The lowest BCUT2D eigenvalue weighted by Gasteiger charge is -2.27. The van der Waals surface area contributed by atoms with Gasteiger partial charge in [0.25, 0.3) is 0 Å². The number of benzene rings is 2. The summed E-state index contributed by atoms with van der Waals surface area (Å²) in [6.07, 6.45) is 1.03. The maximum atomic E-state index is 13.7. The van der Waals surface area contributed by atoms with Crippen LogP contribution < -0.4 is 5.32 Å². The third-order valence-electron chi connectivity index (χ3n) is 4.68. The molecule has 0 saturated carbocycles. The highest BCUT2D eigenvalue weighted by atomic mass is 19.1. The number of carbonyl (C=O) groups excluding carboxylic acids is 1. The molecule has 0 aliphatic carbocycles. The highest BCUT2D eigenvalue weighted by molar-refractivity contribution is 6.08. The van der Waals surface area contributed by atoms with Crippen molar-refractivity contribution in [2.45, 2.75) is 45.4 Å². The van der Waals surface area contributed by atoms with Crippen molar-refractivity contribution in [2.75, 3.05) is 11.9 Å². The average molecular weight is 356 g/mol. The molecule has 138 valence electrons. The van der Waals surface area contributed by atoms with E-state index in [4.69, 9.17) is 4.74 Å². The second-order valence-electron chi connectivity index (χ2n) is 7.74. The van der Waals surface area contributed by atoms with Crippen LogP contribution in [0.5, 0.6) is 0 Å². The second kappa shape index (κ2) is 6.72. The number of nitrogens with one attached hydrogen (secondary N) is 2. The molecule has 0 fully saturated rings. The summed E-state index contributed by atoms with van der Waals surface area (Å²) in [7, 11) is 0. The van der Waals surface area contributed by atoms with Crippen LogP contribution in [0.2, 0.25) is 0 Å². The number of rotatable bonds is 7. The Morgan fingerprint density at radius 1 is 1.08 bits per heavy atom. The summed E-state index contributed by atoms with van der Waals surface area (Å²) in [5, 5.41) is 4.87. The van der Waals surface area contributed by atoms with Gasteiger partial charge in [0.1, 0.15) is 5.67 Å². The normalized spacial score (nSPS) is 12.7. The quantitative estimate of drug-likeness (QED) is 0.566. The van der Waals surface area contributed by atoms with Gasteiger partial charge < -0.3 is 15.0 Å². The molecular weight excluding hydrogens is 331 g/mol. The monoisotopic (exact) mass is 356 g/mol. The molecule has 2 N–H and O–H groups in total. The molecular formula is C21H25FN2O2. The Morgan fingerprint density at radius 2 is 1.73 bits per heavy atom. The zero-order valence-corrected chi connectivity index (χ0v) is 15.7. The summed E-state index contributed by atoms with van der Waals surface area (Å²) in [6.45, 7) is 7.48. The molecule has 1 heterocycles. The Morgan fingerprint density at radius 3 is 2.38 bits per heavy atom. The fourth-order valence-electron chi connectivity index (χ4n) is 3.07. The van der Waals surface area contributed by atoms with Crippen LogP contribution in [0.4, 0.5) is 10.1 Å². The molecule has 0 radical (unpaired) electrons. The van der Waals surface area contributed by atoms with E-state index in [2.05, 4.69) is 22.4 Å². The first-order chi connectivity index (χ1) is 12.2. The molecule has 0 atom stereocenters. The molecule has 5 heteroatoms. The Balaban J connectivity index is 1.90. The average Bonchev–Trinajstić information content (AvgIpc) is 2.90. The number of aromatic amines is 1. The fourth-order valence-corrected chi connectivity index (χ4v) is 3.07. The predicted molar refractivity (Wildman–Crippen MR) is 104 cm³/mol. The van der Waals surface area contributed by atoms with Crippen molar-refractivity contribution in [3.8, 4) is 0 Å². The number of hydrogen-bond donors (Lipinski definition) is 2. The van der Waals surface area contributed by atoms with Crippen LogP contribution in [0.15, 0.2) is 36.4 Å². The van der Waals surface area contributed by atoms with Crippen LogP contribution in [-0.2, 0) is 15.1 Å². The van der Waals surface area contributed by atoms with Crippen LogP contribution in [-0.4, -0.2) is 23.7 Å². The van der Waals surface area contributed by atoms with Gasteiger partial charge in [0.05, 0.1) is 12.2 Å². The van der Waals surface area contributed by atoms with Crippen molar-refractivity contribution in [3.63, 3.8) is 0 Å². The van der Waals surface area contributed by atoms with Crippen molar-refractivity contribution >= 4 is 33.9 Å². The molecule has 1 amide bonds. The fraction of sp³-hybridized carbons (Fsp3) is 0.381. The topological polar surface area (TPSA) is 54.1 Å². The minimum absolute atomic E-state index is 0.359. The van der Waals surface area contributed by atoms with Crippen molar-refractivity contribution in [2.24, 2.45) is 0 Å². The van der Waals surface area contributed by atoms with Gasteiger partial charge in [0.15, 0.2) is 0 Å². The molecule has 0 bridgehead atoms. The number of halogens is 1. The lowest BCUT2D eigenvalue weighted by molar-refractivity contribution is -0.105. The maximum absolute atomic E-state index is 13.7. The van der Waals surface area contributed by atoms with Gasteiger partial charge in [0, 0.05) is 33.9 Å². The van der Waals surface area contributed by atoms with Crippen molar-refractivity contribution < 1.29 is 13.9 Å². The number of carbonyl (C=O) groups is 1. The second-order valence-corrected chi connectivity index (χ2v) is 7.74. The van der Waals surface area contributed by atoms with E-state index in [1.165, 1.54) is 0 Å². The van der Waals surface area contributed by atoms with Crippen LogP contribution >= 0.6 is 0 Å². The number of anilines is 1. The first kappa shape index (κ1) is 18.4. The van der Waals surface area contributed by atoms with E-state index >= 15 is 0 Å². The predicted octanol–water partition coefficient (Wildman–Crippen LogP) is 5.28. The van der Waals surface area contributed by atoms with Crippen molar-refractivity contribution in [3.05, 3.63) is 42.0 Å². The third-order valence-corrected chi connectivity index (χ3v) is 4.68. The van der Waals surface area contributed by atoms with Gasteiger partial charge in [-0.3, -0.25) is 4.79 Å². The minimum atomic E-state index is -1.23. The number of alkyl halides is 1. The molecule has 1 aromatic heterocycles. The molecule has 0 spiro atoms. The number of aromatic nitrogens is 1. The number of ether oxygens (including phenoxy) is 1. The molecule has 0 saturated heterocycles. The van der Waals surface area contributed by atoms with Gasteiger partial charge in [-0.2, -0.15) is 0 Å². The summed E-state index contributed by atoms with van der Waals surface area (Å²) < 4.78 is 19.6. The van der Waals surface area contributed by atoms with Gasteiger partial charge in [0.2, 0.25) is 6.41 Å². The van der Waals surface area contributed by atoms with Gasteiger partial charge in [-0.15, -0.1) is 0 Å². The Hall–Kier alpha value is -2.40. The van der Waals surface area contributed by atoms with E-state index in [0.29, 0.717) is 19.4 Å². The Labute approximate surface area is 152 Å². The first-order valence-electron chi connectivity index (χ1n) is 8.79. The van der Waals surface area contributed by atoms with Crippen LogP contribution in [0, 0.1) is 0 Å². The summed E-state index contributed by atoms with van der Waals surface area (Å²) in [5.41, 5.74) is 1.99. The molecule has 0 aliphatic rings.